The number of piperidine rings is 1. The molecule has 2 rings (SSSR count). The number of rotatable bonds is 8. The summed E-state index contributed by atoms with van der Waals surface area (Å²) >= 11 is 0. The summed E-state index contributed by atoms with van der Waals surface area (Å²) in [6.07, 6.45) is 6.82. The molecule has 0 aromatic carbocycles. The number of nitrogens with one attached hydrogen (secondary N) is 2. The summed E-state index contributed by atoms with van der Waals surface area (Å²) in [5.41, 5.74) is 0.182. The average molecular weight is 324 g/mol. The van der Waals surface area contributed by atoms with Gasteiger partial charge in [0.05, 0.1) is 0 Å². The van der Waals surface area contributed by atoms with Gasteiger partial charge in [-0.3, -0.25) is 14.8 Å². The second-order valence-corrected chi connectivity index (χ2v) is 7.57. The van der Waals surface area contributed by atoms with E-state index in [4.69, 9.17) is 0 Å². The minimum Gasteiger partial charge on any atom is -0.355 e. The predicted octanol–water partition coefficient (Wildman–Crippen LogP) is 1.90. The molecule has 2 N–H and O–H groups in total. The number of nitrogens with zero attached hydrogens (tertiary/aromatic N) is 3. The summed E-state index contributed by atoms with van der Waals surface area (Å²) in [7, 11) is 1.86. The number of aliphatic imine (C=N–C) groups is 1. The Balaban J connectivity index is 1.69. The van der Waals surface area contributed by atoms with Crippen LogP contribution in [0.3, 0.4) is 0 Å². The molecule has 23 heavy (non-hydrogen) atoms. The minimum absolute atomic E-state index is 0.182. The van der Waals surface area contributed by atoms with E-state index in [2.05, 4.69) is 46.2 Å². The Bertz CT molecular complexity index is 370. The summed E-state index contributed by atoms with van der Waals surface area (Å²) < 4.78 is 0. The van der Waals surface area contributed by atoms with Crippen molar-refractivity contribution in [2.24, 2.45) is 4.99 Å². The summed E-state index contributed by atoms with van der Waals surface area (Å²) in [5.74, 6) is 0.932. The number of guanidine groups is 1. The quantitative estimate of drug-likeness (QED) is 0.529. The Labute approximate surface area is 142 Å². The van der Waals surface area contributed by atoms with E-state index in [0.717, 1.165) is 38.2 Å². The third-order valence-corrected chi connectivity index (χ3v) is 5.29. The lowest BCUT2D eigenvalue weighted by atomic mass is 9.98. The fraction of sp³-hybridized carbons (Fsp3) is 0.944. The normalized spacial score (nSPS) is 20.8. The van der Waals surface area contributed by atoms with Crippen LogP contribution in [0.25, 0.3) is 0 Å². The predicted molar refractivity (Wildman–Crippen MR) is 99.1 cm³/mol. The van der Waals surface area contributed by atoms with Gasteiger partial charge in [-0.15, -0.1) is 0 Å². The molecule has 0 bridgehead atoms. The van der Waals surface area contributed by atoms with Crippen molar-refractivity contribution in [3.8, 4) is 0 Å². The molecule has 5 heteroatoms. The van der Waals surface area contributed by atoms with Crippen LogP contribution in [-0.2, 0) is 0 Å². The third kappa shape index (κ3) is 5.96. The first-order valence-corrected chi connectivity index (χ1v) is 9.50. The zero-order valence-electron chi connectivity index (χ0n) is 15.7. The van der Waals surface area contributed by atoms with Crippen molar-refractivity contribution in [3.63, 3.8) is 0 Å². The van der Waals surface area contributed by atoms with Crippen molar-refractivity contribution in [2.75, 3.05) is 46.3 Å². The first kappa shape index (κ1) is 18.5. The maximum Gasteiger partial charge on any atom is 0.191 e. The van der Waals surface area contributed by atoms with Gasteiger partial charge in [0.25, 0.3) is 0 Å². The summed E-state index contributed by atoms with van der Waals surface area (Å²) in [4.78, 5) is 9.56. The highest BCUT2D eigenvalue weighted by Gasteiger charge is 2.28. The maximum atomic E-state index is 4.38. The van der Waals surface area contributed by atoms with E-state index >= 15 is 0 Å². The van der Waals surface area contributed by atoms with E-state index in [-0.39, 0.29) is 5.54 Å². The molecule has 0 unspecified atom stereocenters. The topological polar surface area (TPSA) is 42.9 Å². The van der Waals surface area contributed by atoms with Crippen molar-refractivity contribution in [1.29, 1.82) is 0 Å². The monoisotopic (exact) mass is 323 g/mol. The van der Waals surface area contributed by atoms with Crippen LogP contribution in [0, 0.1) is 0 Å². The number of hydrogen-bond acceptors (Lipinski definition) is 3. The van der Waals surface area contributed by atoms with Gasteiger partial charge in [-0.05, 0) is 59.2 Å². The van der Waals surface area contributed by atoms with Gasteiger partial charge in [-0.25, -0.2) is 0 Å². The molecule has 1 saturated heterocycles. The molecule has 1 aliphatic heterocycles. The molecule has 1 heterocycles. The molecule has 0 atom stereocenters. The molecule has 0 amide bonds. The van der Waals surface area contributed by atoms with Crippen molar-refractivity contribution >= 4 is 5.96 Å². The van der Waals surface area contributed by atoms with Crippen LogP contribution in [-0.4, -0.2) is 73.7 Å². The van der Waals surface area contributed by atoms with Gasteiger partial charge in [0.15, 0.2) is 5.96 Å². The van der Waals surface area contributed by atoms with Crippen LogP contribution in [0.2, 0.25) is 0 Å². The number of likely N-dealkylation sites (tertiary alicyclic amines) is 1. The second-order valence-electron chi connectivity index (χ2n) is 7.57. The first-order chi connectivity index (χ1) is 11.1. The highest BCUT2D eigenvalue weighted by atomic mass is 15.3. The molecule has 0 aromatic heterocycles. The van der Waals surface area contributed by atoms with E-state index in [1.807, 2.05) is 7.05 Å². The molecule has 0 radical (unpaired) electrons. The Morgan fingerprint density at radius 2 is 1.87 bits per heavy atom. The van der Waals surface area contributed by atoms with Gasteiger partial charge in [0.2, 0.25) is 0 Å². The van der Waals surface area contributed by atoms with E-state index < -0.39 is 0 Å². The zero-order valence-corrected chi connectivity index (χ0v) is 15.7. The highest BCUT2D eigenvalue weighted by molar-refractivity contribution is 5.79. The molecular weight excluding hydrogens is 286 g/mol. The molecule has 2 aliphatic rings. The fourth-order valence-electron chi connectivity index (χ4n) is 3.49. The minimum atomic E-state index is 0.182. The Morgan fingerprint density at radius 1 is 1.17 bits per heavy atom. The van der Waals surface area contributed by atoms with Gasteiger partial charge in [0, 0.05) is 38.3 Å². The fourth-order valence-corrected chi connectivity index (χ4v) is 3.49. The average Bonchev–Trinajstić information content (AvgIpc) is 3.40. The van der Waals surface area contributed by atoms with Crippen molar-refractivity contribution in [1.82, 2.24) is 20.4 Å². The standard InChI is InChI=1S/C18H37N5/c1-5-22(16-9-10-16)14-11-20-17(19-4)21-15-18(2,3)23-12-7-6-8-13-23/h16H,5-15H2,1-4H3,(H2,19,20,21). The second kappa shape index (κ2) is 8.88. The molecule has 134 valence electrons. The molecule has 0 spiro atoms. The van der Waals surface area contributed by atoms with Crippen LogP contribution in [0.15, 0.2) is 4.99 Å². The third-order valence-electron chi connectivity index (χ3n) is 5.29. The van der Waals surface area contributed by atoms with Crippen LogP contribution in [0.5, 0.6) is 0 Å². The van der Waals surface area contributed by atoms with Crippen molar-refractivity contribution in [3.05, 3.63) is 0 Å². The van der Waals surface area contributed by atoms with Gasteiger partial charge >= 0.3 is 0 Å². The lowest BCUT2D eigenvalue weighted by Gasteiger charge is -2.41. The van der Waals surface area contributed by atoms with Gasteiger partial charge < -0.3 is 10.6 Å². The lowest BCUT2D eigenvalue weighted by Crippen LogP contribution is -2.55. The smallest absolute Gasteiger partial charge is 0.191 e. The zero-order chi connectivity index (χ0) is 16.7. The van der Waals surface area contributed by atoms with Gasteiger partial charge in [-0.1, -0.05) is 13.3 Å². The van der Waals surface area contributed by atoms with Crippen molar-refractivity contribution < 1.29 is 0 Å². The van der Waals surface area contributed by atoms with Crippen LogP contribution >= 0.6 is 0 Å². The molecule has 1 saturated carbocycles. The maximum absolute atomic E-state index is 4.38. The Kier molecular flexibility index (Phi) is 7.15. The van der Waals surface area contributed by atoms with E-state index in [1.54, 1.807) is 0 Å². The molecule has 0 aromatic rings. The van der Waals surface area contributed by atoms with E-state index in [9.17, 15) is 0 Å². The summed E-state index contributed by atoms with van der Waals surface area (Å²) in [6.45, 7) is 13.6. The van der Waals surface area contributed by atoms with E-state index in [1.165, 1.54) is 45.2 Å². The van der Waals surface area contributed by atoms with E-state index in [0.29, 0.717) is 0 Å². The SMILES string of the molecule is CCN(CCNC(=NC)NCC(C)(C)N1CCCCC1)C1CC1. The summed E-state index contributed by atoms with van der Waals surface area (Å²) in [6, 6.07) is 0.842. The highest BCUT2D eigenvalue weighted by Crippen LogP contribution is 2.25. The molecule has 1 aliphatic carbocycles. The Hall–Kier alpha value is -0.810. The molecule has 5 nitrogen and oxygen atoms in total. The number of likely N-dealkylation sites (N-methyl/N-ethyl adjacent to an activating group) is 1. The molecular formula is C18H37N5. The van der Waals surface area contributed by atoms with Gasteiger partial charge in [-0.2, -0.15) is 0 Å². The molecule has 2 fully saturated rings. The van der Waals surface area contributed by atoms with Gasteiger partial charge in [0.1, 0.15) is 0 Å². The van der Waals surface area contributed by atoms with Crippen LogP contribution < -0.4 is 10.6 Å². The lowest BCUT2D eigenvalue weighted by molar-refractivity contribution is 0.0982. The van der Waals surface area contributed by atoms with Crippen LogP contribution in [0.1, 0.15) is 52.9 Å². The first-order valence-electron chi connectivity index (χ1n) is 9.50. The largest absolute Gasteiger partial charge is 0.355 e. The number of hydrogen-bond donors (Lipinski definition) is 2. The Morgan fingerprint density at radius 3 is 2.43 bits per heavy atom. The summed E-state index contributed by atoms with van der Waals surface area (Å²) in [5, 5.41) is 6.99. The van der Waals surface area contributed by atoms with Crippen molar-refractivity contribution in [2.45, 2.75) is 64.5 Å². The van der Waals surface area contributed by atoms with Crippen LogP contribution in [0.4, 0.5) is 0 Å².